The van der Waals surface area contributed by atoms with Crippen LogP contribution in [0, 0.1) is 11.8 Å². The maximum atomic E-state index is 13.4. The fourth-order valence-corrected chi connectivity index (χ4v) is 5.79. The lowest BCUT2D eigenvalue weighted by Crippen LogP contribution is -2.60. The summed E-state index contributed by atoms with van der Waals surface area (Å²) in [6.07, 6.45) is 2.60. The van der Waals surface area contributed by atoms with Crippen LogP contribution >= 0.6 is 12.4 Å². The van der Waals surface area contributed by atoms with Crippen molar-refractivity contribution in [1.82, 2.24) is 46.5 Å². The van der Waals surface area contributed by atoms with Crippen LogP contribution in [0.1, 0.15) is 94.5 Å². The smallest absolute Gasteiger partial charge is 0.326 e. The molecule has 3 rings (SSSR count). The summed E-state index contributed by atoms with van der Waals surface area (Å²) in [4.78, 5) is 103. The van der Waals surface area contributed by atoms with Gasteiger partial charge in [-0.25, -0.2) is 14.8 Å². The van der Waals surface area contributed by atoms with Gasteiger partial charge >= 0.3 is 11.9 Å². The van der Waals surface area contributed by atoms with Crippen LogP contribution in [0.2, 0.25) is 0 Å². The van der Waals surface area contributed by atoms with E-state index in [4.69, 9.17) is 0 Å². The molecule has 20 heteroatoms. The number of carbonyl (C=O) groups excluding carboxylic acids is 5. The summed E-state index contributed by atoms with van der Waals surface area (Å²) >= 11 is 0. The maximum Gasteiger partial charge on any atom is 0.326 e. The molecule has 0 aliphatic carbocycles. The van der Waals surface area contributed by atoms with Crippen LogP contribution in [0.15, 0.2) is 43.0 Å². The molecule has 1 aromatic carbocycles. The average Bonchev–Trinajstić information content (AvgIpc) is 3.82. The summed E-state index contributed by atoms with van der Waals surface area (Å²) in [5, 5.41) is 32.5. The Kier molecular flexibility index (Phi) is 18.8. The highest BCUT2D eigenvalue weighted by Gasteiger charge is 2.30. The molecule has 0 aliphatic heterocycles. The van der Waals surface area contributed by atoms with Crippen LogP contribution in [0.5, 0.6) is 0 Å². The van der Waals surface area contributed by atoms with E-state index in [-0.39, 0.29) is 66.0 Å². The second kappa shape index (κ2) is 22.7. The second-order valence-corrected chi connectivity index (χ2v) is 13.9. The first-order chi connectivity index (χ1) is 26.1. The van der Waals surface area contributed by atoms with Crippen molar-refractivity contribution >= 4 is 53.8 Å². The Morgan fingerprint density at radius 3 is 1.70 bits per heavy atom. The van der Waals surface area contributed by atoms with Crippen molar-refractivity contribution < 1.29 is 49.5 Å². The van der Waals surface area contributed by atoms with Gasteiger partial charge in [-0.2, -0.15) is 0 Å². The number of hydrogen-bond acceptors (Lipinski definition) is 10. The van der Waals surface area contributed by atoms with Gasteiger partial charge in [0.1, 0.15) is 17.4 Å². The van der Waals surface area contributed by atoms with Crippen LogP contribution in [0.25, 0.3) is 0 Å². The second-order valence-electron chi connectivity index (χ2n) is 13.9. The zero-order valence-corrected chi connectivity index (χ0v) is 32.5. The Hall–Kier alpha value is -5.66. The SMILES string of the molecule is CC(C)C[C@@H](CNCC(=O)[C@H](CC(=O)O)NC(=O)c1[nH]cnc1C(=O)N[C@H](C[NH3+])CC(C)C)NC(=O)c1nc[nH]c1C(=O)N[C@@H](Cc1ccccc1)C(=O)O.Cl. The van der Waals surface area contributed by atoms with E-state index in [2.05, 4.69) is 52.3 Å². The molecule has 306 valence electrons. The van der Waals surface area contributed by atoms with E-state index in [1.165, 1.54) is 0 Å². The number of H-pyrrole nitrogens is 2. The normalized spacial score (nSPS) is 13.1. The molecular weight excluding hydrogens is 752 g/mol. The fourth-order valence-electron chi connectivity index (χ4n) is 5.79. The number of carboxylic acids is 2. The number of nitrogens with zero attached hydrogens (tertiary/aromatic N) is 2. The Balaban J connectivity index is 0.0000108. The van der Waals surface area contributed by atoms with Crippen molar-refractivity contribution in [2.24, 2.45) is 11.8 Å². The molecule has 0 fully saturated rings. The van der Waals surface area contributed by atoms with Crippen molar-refractivity contribution in [3.63, 3.8) is 0 Å². The minimum Gasteiger partial charge on any atom is -0.481 e. The summed E-state index contributed by atoms with van der Waals surface area (Å²) in [5.74, 6) is -6.08. The summed E-state index contributed by atoms with van der Waals surface area (Å²) in [6.45, 7) is 7.84. The third-order valence-electron chi connectivity index (χ3n) is 8.34. The number of aromatic amines is 2. The molecule has 0 saturated heterocycles. The van der Waals surface area contributed by atoms with Gasteiger partial charge in [0.25, 0.3) is 23.6 Å². The van der Waals surface area contributed by atoms with Gasteiger partial charge in [-0.3, -0.25) is 28.8 Å². The molecule has 0 spiro atoms. The lowest BCUT2D eigenvalue weighted by molar-refractivity contribution is -0.373. The quantitative estimate of drug-likeness (QED) is 0.0603. The van der Waals surface area contributed by atoms with Gasteiger partial charge in [0, 0.05) is 19.0 Å². The number of amides is 4. The van der Waals surface area contributed by atoms with E-state index in [0.29, 0.717) is 24.9 Å². The van der Waals surface area contributed by atoms with Crippen LogP contribution in [-0.4, -0.2) is 115 Å². The van der Waals surface area contributed by atoms with E-state index in [0.717, 1.165) is 12.7 Å². The molecule has 19 nitrogen and oxygen atoms in total. The van der Waals surface area contributed by atoms with Crippen LogP contribution in [0.4, 0.5) is 0 Å². The van der Waals surface area contributed by atoms with E-state index in [9.17, 15) is 43.8 Å². The van der Waals surface area contributed by atoms with Crippen molar-refractivity contribution in [3.05, 3.63) is 71.3 Å². The zero-order chi connectivity index (χ0) is 40.7. The topological polar surface area (TPSA) is 305 Å². The number of quaternary nitrogens is 1. The van der Waals surface area contributed by atoms with E-state index in [1.807, 2.05) is 27.7 Å². The van der Waals surface area contributed by atoms with Gasteiger partial charge in [0.2, 0.25) is 0 Å². The number of carbonyl (C=O) groups is 7. The predicted octanol–water partition coefficient (Wildman–Crippen LogP) is -0.0568. The summed E-state index contributed by atoms with van der Waals surface area (Å²) < 4.78 is 0. The van der Waals surface area contributed by atoms with Gasteiger partial charge in [0.15, 0.2) is 17.2 Å². The highest BCUT2D eigenvalue weighted by atomic mass is 35.5. The molecule has 2 heterocycles. The number of ketones is 1. The standard InChI is InChI=1S/C36H50N10O9.ClH/c1-19(2)10-22(14-37)43-32(50)28-30(41-17-39-28)34(52)45-24(13-27(48)49)26(47)16-38-15-23(11-20(3)4)44-33(51)29-31(42-18-40-29)35(53)46-25(36(54)55)12-21-8-6-5-7-9-21;/h5-9,17-20,22-25,38H,10-16,37H2,1-4H3,(H,39,41)(H,40,42)(H,43,50)(H,44,51)(H,45,52)(H,46,53)(H,48,49)(H,54,55);1H/p+1/t22-,23-,24-,25-;/m0./s1. The minimum atomic E-state index is -1.48. The first-order valence-electron chi connectivity index (χ1n) is 17.9. The Bertz CT molecular complexity index is 1800. The van der Waals surface area contributed by atoms with Gasteiger partial charge in [-0.1, -0.05) is 58.0 Å². The number of imidazole rings is 2. The monoisotopic (exact) mass is 803 g/mol. The van der Waals surface area contributed by atoms with E-state index < -0.39 is 72.4 Å². The molecule has 0 bridgehead atoms. The number of carboxylic acid groups (broad SMARTS) is 2. The predicted molar refractivity (Wildman–Crippen MR) is 204 cm³/mol. The molecular formula is C36H52ClN10O9+. The minimum absolute atomic E-state index is 0. The van der Waals surface area contributed by atoms with Gasteiger partial charge in [0.05, 0.1) is 44.2 Å². The Labute approximate surface area is 329 Å². The van der Waals surface area contributed by atoms with Crippen molar-refractivity contribution in [3.8, 4) is 0 Å². The number of nitrogens with one attached hydrogen (secondary N) is 7. The molecule has 0 radical (unpaired) electrons. The number of hydrogen-bond donors (Lipinski definition) is 10. The number of Topliss-reactive ketones (excluding diaryl/α,β-unsaturated/α-hetero) is 1. The summed E-state index contributed by atoms with van der Waals surface area (Å²) in [5.41, 5.74) is 3.54. The molecule has 0 aliphatic rings. The fraction of sp³-hybridized carbons (Fsp3) is 0.472. The van der Waals surface area contributed by atoms with E-state index >= 15 is 0 Å². The average molecular weight is 804 g/mol. The number of halogens is 1. The number of aliphatic carboxylic acids is 2. The molecule has 12 N–H and O–H groups in total. The first-order valence-corrected chi connectivity index (χ1v) is 17.9. The van der Waals surface area contributed by atoms with Crippen LogP contribution in [0.3, 0.4) is 0 Å². The number of rotatable bonds is 23. The molecule has 0 saturated carbocycles. The van der Waals surface area contributed by atoms with Gasteiger partial charge in [-0.05, 0) is 30.2 Å². The highest BCUT2D eigenvalue weighted by Crippen LogP contribution is 2.11. The zero-order valence-electron chi connectivity index (χ0n) is 31.7. The molecule has 4 amide bonds. The van der Waals surface area contributed by atoms with Crippen LogP contribution in [-0.2, 0) is 20.8 Å². The lowest BCUT2D eigenvalue weighted by Gasteiger charge is -2.22. The van der Waals surface area contributed by atoms with E-state index in [1.54, 1.807) is 30.3 Å². The molecule has 56 heavy (non-hydrogen) atoms. The molecule has 2 aromatic heterocycles. The maximum absolute atomic E-state index is 13.4. The molecule has 4 atom stereocenters. The Morgan fingerprint density at radius 2 is 1.21 bits per heavy atom. The summed E-state index contributed by atoms with van der Waals surface area (Å²) in [6, 6.07) is 5.08. The Morgan fingerprint density at radius 1 is 0.714 bits per heavy atom. The van der Waals surface area contributed by atoms with Crippen LogP contribution < -0.4 is 32.3 Å². The van der Waals surface area contributed by atoms with Gasteiger partial charge < -0.3 is 52.5 Å². The third-order valence-corrected chi connectivity index (χ3v) is 8.34. The molecule has 3 aromatic rings. The summed E-state index contributed by atoms with van der Waals surface area (Å²) in [7, 11) is 0. The molecule has 0 unspecified atom stereocenters. The van der Waals surface area contributed by atoms with Crippen molar-refractivity contribution in [1.29, 1.82) is 0 Å². The largest absolute Gasteiger partial charge is 0.481 e. The third kappa shape index (κ3) is 14.5. The van der Waals surface area contributed by atoms with Crippen molar-refractivity contribution in [2.45, 2.75) is 77.5 Å². The van der Waals surface area contributed by atoms with Crippen molar-refractivity contribution in [2.75, 3.05) is 19.6 Å². The van der Waals surface area contributed by atoms with Gasteiger partial charge in [-0.15, -0.1) is 12.4 Å². The number of aromatic nitrogens is 4. The first kappa shape index (κ1) is 46.5. The highest BCUT2D eigenvalue weighted by molar-refractivity contribution is 6.07. The lowest BCUT2D eigenvalue weighted by atomic mass is 10.0. The number of benzene rings is 1.